The number of ether oxygens (including phenoxy) is 1. The van der Waals surface area contributed by atoms with E-state index in [0.29, 0.717) is 10.8 Å². The fourth-order valence-electron chi connectivity index (χ4n) is 4.03. The largest absolute Gasteiger partial charge is 0.486 e. The number of halogens is 3. The third-order valence-electron chi connectivity index (χ3n) is 5.81. The molecule has 3 aromatic rings. The smallest absolute Gasteiger partial charge is 0.142 e. The average Bonchev–Trinajstić information content (AvgIpc) is 2.80. The number of hydrogen-bond acceptors (Lipinski definition) is 3. The molecule has 0 aliphatic carbocycles. The fraction of sp³-hybridized carbons (Fsp3) is 0.308. The van der Waals surface area contributed by atoms with Crippen LogP contribution in [-0.2, 0) is 6.54 Å². The predicted octanol–water partition coefficient (Wildman–Crippen LogP) is 6.46. The summed E-state index contributed by atoms with van der Waals surface area (Å²) in [6, 6.07) is 22.8. The van der Waals surface area contributed by atoms with Crippen molar-refractivity contribution in [3.8, 4) is 5.75 Å². The van der Waals surface area contributed by atoms with Crippen LogP contribution in [0.4, 0.5) is 4.39 Å². The Bertz CT molecular complexity index is 1010. The van der Waals surface area contributed by atoms with E-state index >= 15 is 0 Å². The molecular formula is C26H27Cl2FN2O. The molecule has 6 heteroatoms. The van der Waals surface area contributed by atoms with Crippen molar-refractivity contribution in [1.29, 1.82) is 0 Å². The zero-order valence-corrected chi connectivity index (χ0v) is 19.4. The normalized spacial score (nSPS) is 16.1. The molecule has 0 aromatic heterocycles. The summed E-state index contributed by atoms with van der Waals surface area (Å²) in [6.45, 7) is 6.05. The lowest BCUT2D eigenvalue weighted by Gasteiger charge is -2.35. The Hall–Kier alpha value is -2.11. The summed E-state index contributed by atoms with van der Waals surface area (Å²) in [4.78, 5) is 4.97. The van der Waals surface area contributed by atoms with Gasteiger partial charge in [-0.15, -0.1) is 0 Å². The van der Waals surface area contributed by atoms with Gasteiger partial charge in [0.2, 0.25) is 0 Å². The summed E-state index contributed by atoms with van der Waals surface area (Å²) < 4.78 is 19.8. The van der Waals surface area contributed by atoms with Crippen molar-refractivity contribution in [2.45, 2.75) is 19.1 Å². The highest BCUT2D eigenvalue weighted by atomic mass is 35.5. The van der Waals surface area contributed by atoms with Gasteiger partial charge in [-0.25, -0.2) is 4.39 Å². The fourth-order valence-corrected chi connectivity index (χ4v) is 4.40. The minimum Gasteiger partial charge on any atom is -0.486 e. The molecule has 168 valence electrons. The molecule has 0 radical (unpaired) electrons. The second-order valence-corrected chi connectivity index (χ2v) is 8.97. The first kappa shape index (κ1) is 23.1. The third kappa shape index (κ3) is 6.46. The van der Waals surface area contributed by atoms with E-state index in [1.807, 2.05) is 24.3 Å². The van der Waals surface area contributed by atoms with Gasteiger partial charge in [-0.2, -0.15) is 0 Å². The maximum Gasteiger partial charge on any atom is 0.142 e. The summed E-state index contributed by atoms with van der Waals surface area (Å²) in [5, 5.41) is 0.727. The maximum atomic E-state index is 13.6. The minimum atomic E-state index is -0.452. The minimum absolute atomic E-state index is 0.0573. The van der Waals surface area contributed by atoms with Gasteiger partial charge in [-0.1, -0.05) is 65.7 Å². The zero-order chi connectivity index (χ0) is 22.3. The lowest BCUT2D eigenvalue weighted by atomic mass is 10.1. The second kappa shape index (κ2) is 11.2. The molecule has 1 heterocycles. The molecule has 0 amide bonds. The first-order valence-corrected chi connectivity index (χ1v) is 11.7. The number of nitrogens with zero attached hydrogens (tertiary/aromatic N) is 2. The Morgan fingerprint density at radius 2 is 1.59 bits per heavy atom. The van der Waals surface area contributed by atoms with Gasteiger partial charge in [-0.3, -0.25) is 4.90 Å². The van der Waals surface area contributed by atoms with E-state index in [1.54, 1.807) is 6.07 Å². The van der Waals surface area contributed by atoms with Gasteiger partial charge in [0.25, 0.3) is 0 Å². The molecule has 0 bridgehead atoms. The van der Waals surface area contributed by atoms with Crippen LogP contribution in [-0.4, -0.2) is 42.5 Å². The summed E-state index contributed by atoms with van der Waals surface area (Å²) in [5.41, 5.74) is 2.36. The summed E-state index contributed by atoms with van der Waals surface area (Å²) in [6.07, 6.45) is 0.603. The second-order valence-electron chi connectivity index (χ2n) is 8.13. The molecule has 1 aliphatic rings. The molecular weight excluding hydrogens is 446 g/mol. The van der Waals surface area contributed by atoms with Crippen LogP contribution in [0, 0.1) is 5.82 Å². The standard InChI is InChI=1S/C26H27Cl2FN2O/c27-22-8-4-7-21(17-22)26(32-23-9-10-25(29)24(28)18-23)11-12-30-13-15-31(16-14-30)19-20-5-2-1-3-6-20/h1-10,17-18,26H,11-16,19H2. The van der Waals surface area contributed by atoms with Crippen molar-refractivity contribution in [3.63, 3.8) is 0 Å². The highest BCUT2D eigenvalue weighted by molar-refractivity contribution is 6.31. The Morgan fingerprint density at radius 3 is 2.31 bits per heavy atom. The topological polar surface area (TPSA) is 15.7 Å². The van der Waals surface area contributed by atoms with E-state index < -0.39 is 5.82 Å². The molecule has 1 atom stereocenters. The lowest BCUT2D eigenvalue weighted by Crippen LogP contribution is -2.46. The van der Waals surface area contributed by atoms with Gasteiger partial charge in [0.05, 0.1) is 5.02 Å². The molecule has 3 nitrogen and oxygen atoms in total. The molecule has 0 spiro atoms. The van der Waals surface area contributed by atoms with Gasteiger partial charge < -0.3 is 9.64 Å². The molecule has 3 aromatic carbocycles. The van der Waals surface area contributed by atoms with E-state index in [-0.39, 0.29) is 11.1 Å². The van der Waals surface area contributed by atoms with Crippen LogP contribution in [0.25, 0.3) is 0 Å². The van der Waals surface area contributed by atoms with Crippen molar-refractivity contribution in [2.24, 2.45) is 0 Å². The Kier molecular flexibility index (Phi) is 8.04. The van der Waals surface area contributed by atoms with Gasteiger partial charge >= 0.3 is 0 Å². The first-order chi connectivity index (χ1) is 15.6. The number of piperazine rings is 1. The van der Waals surface area contributed by atoms with Gasteiger partial charge in [0.1, 0.15) is 17.7 Å². The average molecular weight is 473 g/mol. The SMILES string of the molecule is Fc1ccc(OC(CCN2CCN(Cc3ccccc3)CC2)c2cccc(Cl)c2)cc1Cl. The third-order valence-corrected chi connectivity index (χ3v) is 6.34. The summed E-state index contributed by atoms with van der Waals surface area (Å²) in [5.74, 6) is 0.0979. The Morgan fingerprint density at radius 1 is 0.844 bits per heavy atom. The number of hydrogen-bond donors (Lipinski definition) is 0. The molecule has 1 fully saturated rings. The van der Waals surface area contributed by atoms with E-state index in [9.17, 15) is 4.39 Å². The molecule has 32 heavy (non-hydrogen) atoms. The van der Waals surface area contributed by atoms with Gasteiger partial charge in [0, 0.05) is 56.8 Å². The van der Waals surface area contributed by atoms with Gasteiger partial charge in [-0.05, 0) is 35.4 Å². The molecule has 4 rings (SSSR count). The maximum absolute atomic E-state index is 13.6. The van der Waals surface area contributed by atoms with Crippen molar-refractivity contribution in [1.82, 2.24) is 9.80 Å². The highest BCUT2D eigenvalue weighted by Gasteiger charge is 2.20. The van der Waals surface area contributed by atoms with E-state index in [2.05, 4.69) is 40.1 Å². The van der Waals surface area contributed by atoms with Crippen molar-refractivity contribution < 1.29 is 9.13 Å². The molecule has 1 aliphatic heterocycles. The quantitative estimate of drug-likeness (QED) is 0.374. The van der Waals surface area contributed by atoms with E-state index in [1.165, 1.54) is 17.7 Å². The number of benzene rings is 3. The van der Waals surface area contributed by atoms with E-state index in [0.717, 1.165) is 51.3 Å². The van der Waals surface area contributed by atoms with E-state index in [4.69, 9.17) is 27.9 Å². The molecule has 0 saturated carbocycles. The molecule has 1 unspecified atom stereocenters. The zero-order valence-electron chi connectivity index (χ0n) is 17.9. The van der Waals surface area contributed by atoms with Crippen LogP contribution >= 0.6 is 23.2 Å². The van der Waals surface area contributed by atoms with Crippen LogP contribution in [0.1, 0.15) is 23.7 Å². The van der Waals surface area contributed by atoms with Crippen molar-refractivity contribution >= 4 is 23.2 Å². The van der Waals surface area contributed by atoms with Crippen LogP contribution in [0.15, 0.2) is 72.8 Å². The van der Waals surface area contributed by atoms with Crippen LogP contribution < -0.4 is 4.74 Å². The Labute approximate surface area is 199 Å². The molecule has 1 saturated heterocycles. The summed E-state index contributed by atoms with van der Waals surface area (Å²) in [7, 11) is 0. The lowest BCUT2D eigenvalue weighted by molar-refractivity contribution is 0.107. The molecule has 0 N–H and O–H groups in total. The van der Waals surface area contributed by atoms with Crippen LogP contribution in [0.3, 0.4) is 0 Å². The monoisotopic (exact) mass is 472 g/mol. The van der Waals surface area contributed by atoms with Crippen molar-refractivity contribution in [2.75, 3.05) is 32.7 Å². The Balaban J connectivity index is 1.35. The first-order valence-electron chi connectivity index (χ1n) is 10.9. The predicted molar refractivity (Wildman–Crippen MR) is 129 cm³/mol. The van der Waals surface area contributed by atoms with Crippen molar-refractivity contribution in [3.05, 3.63) is 99.8 Å². The number of rotatable bonds is 8. The van der Waals surface area contributed by atoms with Gasteiger partial charge in [0.15, 0.2) is 0 Å². The highest BCUT2D eigenvalue weighted by Crippen LogP contribution is 2.29. The van der Waals surface area contributed by atoms with Crippen LogP contribution in [0.5, 0.6) is 5.75 Å². The van der Waals surface area contributed by atoms with Crippen LogP contribution in [0.2, 0.25) is 10.0 Å². The summed E-state index contributed by atoms with van der Waals surface area (Å²) >= 11 is 12.2.